The number of rotatable bonds is 2. The molecule has 0 atom stereocenters. The maximum atomic E-state index is 5.64. The minimum Gasteiger partial charge on any atom is -0.342 e. The molecule has 0 radical (unpaired) electrons. The van der Waals surface area contributed by atoms with Crippen LogP contribution in [0.15, 0.2) is 18.2 Å². The molecule has 1 aromatic heterocycles. The van der Waals surface area contributed by atoms with Gasteiger partial charge in [-0.3, -0.25) is 0 Å². The molecule has 3 nitrogen and oxygen atoms in total. The SMILES string of the molecule is NCc1ccc2nc(C3CCCC3)[nH]c2c1. The minimum absolute atomic E-state index is 0.591. The number of hydrogen-bond acceptors (Lipinski definition) is 2. The second-order valence-electron chi connectivity index (χ2n) is 4.66. The van der Waals surface area contributed by atoms with E-state index in [4.69, 9.17) is 5.73 Å². The van der Waals surface area contributed by atoms with E-state index in [2.05, 4.69) is 28.2 Å². The molecule has 0 spiro atoms. The first kappa shape index (κ1) is 9.85. The van der Waals surface area contributed by atoms with E-state index in [1.54, 1.807) is 0 Å². The molecule has 0 amide bonds. The van der Waals surface area contributed by atoms with Gasteiger partial charge in [0.15, 0.2) is 0 Å². The molecule has 0 bridgehead atoms. The van der Waals surface area contributed by atoms with Crippen molar-refractivity contribution in [3.63, 3.8) is 0 Å². The van der Waals surface area contributed by atoms with E-state index in [0.29, 0.717) is 12.5 Å². The highest BCUT2D eigenvalue weighted by Gasteiger charge is 2.20. The molecule has 84 valence electrons. The van der Waals surface area contributed by atoms with Gasteiger partial charge in [0.05, 0.1) is 11.0 Å². The number of aromatic amines is 1. The summed E-state index contributed by atoms with van der Waals surface area (Å²) in [7, 11) is 0. The zero-order valence-corrected chi connectivity index (χ0v) is 9.37. The van der Waals surface area contributed by atoms with Gasteiger partial charge in [-0.2, -0.15) is 0 Å². The van der Waals surface area contributed by atoms with Crippen molar-refractivity contribution >= 4 is 11.0 Å². The Morgan fingerprint density at radius 1 is 1.31 bits per heavy atom. The molecule has 1 heterocycles. The molecule has 1 aromatic carbocycles. The first-order valence-electron chi connectivity index (χ1n) is 6.05. The third-order valence-corrected chi connectivity index (χ3v) is 3.54. The summed E-state index contributed by atoms with van der Waals surface area (Å²) in [6.45, 7) is 0.591. The Bertz CT molecular complexity index is 495. The van der Waals surface area contributed by atoms with Crippen LogP contribution in [-0.2, 0) is 6.54 Å². The Hall–Kier alpha value is -1.35. The molecule has 2 aromatic rings. The maximum absolute atomic E-state index is 5.64. The van der Waals surface area contributed by atoms with Gasteiger partial charge >= 0.3 is 0 Å². The van der Waals surface area contributed by atoms with E-state index in [9.17, 15) is 0 Å². The molecule has 0 saturated heterocycles. The van der Waals surface area contributed by atoms with Crippen LogP contribution in [0.25, 0.3) is 11.0 Å². The average Bonchev–Trinajstić information content (AvgIpc) is 2.96. The summed E-state index contributed by atoms with van der Waals surface area (Å²) in [6.07, 6.45) is 5.25. The topological polar surface area (TPSA) is 54.7 Å². The monoisotopic (exact) mass is 215 g/mol. The predicted molar refractivity (Wildman–Crippen MR) is 65.2 cm³/mol. The summed E-state index contributed by atoms with van der Waals surface area (Å²) in [5.74, 6) is 1.82. The van der Waals surface area contributed by atoms with Crippen LogP contribution < -0.4 is 5.73 Å². The number of benzene rings is 1. The number of fused-ring (bicyclic) bond motifs is 1. The highest BCUT2D eigenvalue weighted by Crippen LogP contribution is 2.33. The predicted octanol–water partition coefficient (Wildman–Crippen LogP) is 2.68. The Labute approximate surface area is 95.1 Å². The molecule has 16 heavy (non-hydrogen) atoms. The number of aromatic nitrogens is 2. The van der Waals surface area contributed by atoms with Crippen LogP contribution in [0.5, 0.6) is 0 Å². The van der Waals surface area contributed by atoms with Gasteiger partial charge in [-0.05, 0) is 30.5 Å². The van der Waals surface area contributed by atoms with E-state index >= 15 is 0 Å². The third-order valence-electron chi connectivity index (χ3n) is 3.54. The molecule has 1 saturated carbocycles. The van der Waals surface area contributed by atoms with Gasteiger partial charge in [0, 0.05) is 12.5 Å². The van der Waals surface area contributed by atoms with Crippen molar-refractivity contribution in [3.05, 3.63) is 29.6 Å². The van der Waals surface area contributed by atoms with E-state index in [0.717, 1.165) is 16.6 Å². The number of imidazole rings is 1. The van der Waals surface area contributed by atoms with Crippen LogP contribution in [-0.4, -0.2) is 9.97 Å². The minimum atomic E-state index is 0.591. The maximum Gasteiger partial charge on any atom is 0.110 e. The second kappa shape index (κ2) is 3.91. The molecule has 3 heteroatoms. The van der Waals surface area contributed by atoms with E-state index in [1.165, 1.54) is 31.5 Å². The molecule has 3 N–H and O–H groups in total. The molecule has 1 aliphatic carbocycles. The first-order chi connectivity index (χ1) is 7.86. The van der Waals surface area contributed by atoms with Gasteiger partial charge in [-0.1, -0.05) is 18.9 Å². The Morgan fingerprint density at radius 3 is 2.88 bits per heavy atom. The lowest BCUT2D eigenvalue weighted by atomic mass is 10.1. The van der Waals surface area contributed by atoms with Crippen molar-refractivity contribution in [1.82, 2.24) is 9.97 Å². The van der Waals surface area contributed by atoms with Gasteiger partial charge in [0.2, 0.25) is 0 Å². The number of nitrogens with two attached hydrogens (primary N) is 1. The van der Waals surface area contributed by atoms with Crippen LogP contribution in [0.2, 0.25) is 0 Å². The standard InChI is InChI=1S/C13H17N3/c14-8-9-5-6-11-12(7-9)16-13(15-11)10-3-1-2-4-10/h5-7,10H,1-4,8,14H2,(H,15,16). The van der Waals surface area contributed by atoms with Crippen molar-refractivity contribution in [1.29, 1.82) is 0 Å². The Balaban J connectivity index is 2.01. The van der Waals surface area contributed by atoms with E-state index in [-0.39, 0.29) is 0 Å². The smallest absolute Gasteiger partial charge is 0.110 e. The van der Waals surface area contributed by atoms with Crippen molar-refractivity contribution in [2.24, 2.45) is 5.73 Å². The molecule has 3 rings (SSSR count). The summed E-state index contributed by atoms with van der Waals surface area (Å²) in [6, 6.07) is 6.23. The summed E-state index contributed by atoms with van der Waals surface area (Å²) >= 11 is 0. The molecule has 0 unspecified atom stereocenters. The third kappa shape index (κ3) is 1.61. The van der Waals surface area contributed by atoms with Crippen LogP contribution >= 0.6 is 0 Å². The quantitative estimate of drug-likeness (QED) is 0.809. The largest absolute Gasteiger partial charge is 0.342 e. The van der Waals surface area contributed by atoms with Crippen molar-refractivity contribution < 1.29 is 0 Å². The summed E-state index contributed by atoms with van der Waals surface area (Å²) < 4.78 is 0. The normalized spacial score (nSPS) is 17.3. The number of nitrogens with one attached hydrogen (secondary N) is 1. The molecular weight excluding hydrogens is 198 g/mol. The summed E-state index contributed by atoms with van der Waals surface area (Å²) in [5.41, 5.74) is 8.99. The zero-order chi connectivity index (χ0) is 11.0. The van der Waals surface area contributed by atoms with Crippen LogP contribution in [0.4, 0.5) is 0 Å². The van der Waals surface area contributed by atoms with E-state index < -0.39 is 0 Å². The highest BCUT2D eigenvalue weighted by molar-refractivity contribution is 5.76. The molecule has 1 fully saturated rings. The van der Waals surface area contributed by atoms with Crippen molar-refractivity contribution in [2.45, 2.75) is 38.1 Å². The first-order valence-corrected chi connectivity index (χ1v) is 6.05. The fraction of sp³-hybridized carbons (Fsp3) is 0.462. The number of nitrogens with zero attached hydrogens (tertiary/aromatic N) is 1. The molecule has 1 aliphatic rings. The van der Waals surface area contributed by atoms with Gasteiger partial charge in [0.1, 0.15) is 5.82 Å². The average molecular weight is 215 g/mol. The van der Waals surface area contributed by atoms with Crippen molar-refractivity contribution in [2.75, 3.05) is 0 Å². The second-order valence-corrected chi connectivity index (χ2v) is 4.66. The fourth-order valence-corrected chi connectivity index (χ4v) is 2.60. The van der Waals surface area contributed by atoms with Gasteiger partial charge < -0.3 is 10.7 Å². The van der Waals surface area contributed by atoms with E-state index in [1.807, 2.05) is 0 Å². The summed E-state index contributed by atoms with van der Waals surface area (Å²) in [5, 5.41) is 0. The number of H-pyrrole nitrogens is 1. The van der Waals surface area contributed by atoms with Gasteiger partial charge in [-0.25, -0.2) is 4.98 Å². The van der Waals surface area contributed by atoms with Crippen molar-refractivity contribution in [3.8, 4) is 0 Å². The summed E-state index contributed by atoms with van der Waals surface area (Å²) in [4.78, 5) is 8.12. The van der Waals surface area contributed by atoms with Gasteiger partial charge in [0.25, 0.3) is 0 Å². The van der Waals surface area contributed by atoms with Crippen LogP contribution in [0.3, 0.4) is 0 Å². The number of hydrogen-bond donors (Lipinski definition) is 2. The lowest BCUT2D eigenvalue weighted by Gasteiger charge is -2.02. The molecular formula is C13H17N3. The fourth-order valence-electron chi connectivity index (χ4n) is 2.60. The Kier molecular flexibility index (Phi) is 2.40. The zero-order valence-electron chi connectivity index (χ0n) is 9.37. The highest BCUT2D eigenvalue weighted by atomic mass is 14.9. The molecule has 0 aliphatic heterocycles. The van der Waals surface area contributed by atoms with Crippen LogP contribution in [0, 0.1) is 0 Å². The lowest BCUT2D eigenvalue weighted by molar-refractivity contribution is 0.681. The van der Waals surface area contributed by atoms with Crippen LogP contribution in [0.1, 0.15) is 43.0 Å². The lowest BCUT2D eigenvalue weighted by Crippen LogP contribution is -1.95. The Morgan fingerprint density at radius 2 is 2.12 bits per heavy atom. The van der Waals surface area contributed by atoms with Gasteiger partial charge in [-0.15, -0.1) is 0 Å².